The maximum Gasteiger partial charge on any atom is 0.238 e. The van der Waals surface area contributed by atoms with Crippen molar-refractivity contribution in [2.45, 2.75) is 19.3 Å². The van der Waals surface area contributed by atoms with Crippen molar-refractivity contribution < 1.29 is 9.53 Å². The van der Waals surface area contributed by atoms with Crippen molar-refractivity contribution in [3.05, 3.63) is 36.9 Å². The Hall–Kier alpha value is -1.81. The molecule has 1 aromatic carbocycles. The molecule has 1 aromatic rings. The van der Waals surface area contributed by atoms with Gasteiger partial charge in [0.2, 0.25) is 5.91 Å². The molecule has 0 spiro atoms. The largest absolute Gasteiger partial charge is 0.487 e. The fourth-order valence-electron chi connectivity index (χ4n) is 2.35. The van der Waals surface area contributed by atoms with E-state index in [1.807, 2.05) is 24.3 Å². The third kappa shape index (κ3) is 4.38. The Morgan fingerprint density at radius 3 is 2.80 bits per heavy atom. The van der Waals surface area contributed by atoms with Gasteiger partial charge in [0.15, 0.2) is 0 Å². The van der Waals surface area contributed by atoms with Crippen LogP contribution in [0.2, 0.25) is 0 Å². The Kier molecular flexibility index (Phi) is 5.62. The summed E-state index contributed by atoms with van der Waals surface area (Å²) in [5, 5.41) is 2.93. The molecule has 0 aromatic heterocycles. The Morgan fingerprint density at radius 1 is 1.30 bits per heavy atom. The summed E-state index contributed by atoms with van der Waals surface area (Å²) in [6, 6.07) is 7.47. The number of piperidine rings is 1. The Bertz CT molecular complexity index is 454. The van der Waals surface area contributed by atoms with E-state index in [1.165, 1.54) is 19.3 Å². The molecule has 1 heterocycles. The summed E-state index contributed by atoms with van der Waals surface area (Å²) >= 11 is 0. The second-order valence-corrected chi connectivity index (χ2v) is 4.98. The van der Waals surface area contributed by atoms with E-state index in [2.05, 4.69) is 16.8 Å². The summed E-state index contributed by atoms with van der Waals surface area (Å²) in [6.07, 6.45) is 5.33. The van der Waals surface area contributed by atoms with Crippen LogP contribution in [-0.2, 0) is 4.79 Å². The number of benzene rings is 1. The quantitative estimate of drug-likeness (QED) is 0.811. The van der Waals surface area contributed by atoms with Crippen molar-refractivity contribution in [2.24, 2.45) is 0 Å². The van der Waals surface area contributed by atoms with Gasteiger partial charge in [-0.15, -0.1) is 0 Å². The molecular weight excluding hydrogens is 252 g/mol. The molecule has 20 heavy (non-hydrogen) atoms. The van der Waals surface area contributed by atoms with Crippen molar-refractivity contribution in [2.75, 3.05) is 31.6 Å². The van der Waals surface area contributed by atoms with Gasteiger partial charge in [0.05, 0.1) is 12.2 Å². The van der Waals surface area contributed by atoms with E-state index in [0.29, 0.717) is 18.9 Å². The van der Waals surface area contributed by atoms with E-state index in [1.54, 1.807) is 6.08 Å². The molecule has 1 saturated heterocycles. The van der Waals surface area contributed by atoms with Gasteiger partial charge in [-0.2, -0.15) is 0 Å². The number of likely N-dealkylation sites (tertiary alicyclic amines) is 1. The van der Waals surface area contributed by atoms with Gasteiger partial charge in [-0.05, 0) is 38.1 Å². The highest BCUT2D eigenvalue weighted by molar-refractivity contribution is 5.93. The van der Waals surface area contributed by atoms with Crippen LogP contribution in [0.5, 0.6) is 5.75 Å². The molecule has 1 aliphatic rings. The topological polar surface area (TPSA) is 41.6 Å². The van der Waals surface area contributed by atoms with E-state index >= 15 is 0 Å². The third-order valence-electron chi connectivity index (χ3n) is 3.33. The van der Waals surface area contributed by atoms with Gasteiger partial charge in [-0.1, -0.05) is 31.2 Å². The van der Waals surface area contributed by atoms with Crippen LogP contribution in [0.15, 0.2) is 36.9 Å². The Balaban J connectivity index is 1.91. The second kappa shape index (κ2) is 7.70. The maximum atomic E-state index is 12.1. The van der Waals surface area contributed by atoms with E-state index in [9.17, 15) is 4.79 Å². The minimum absolute atomic E-state index is 0.0153. The van der Waals surface area contributed by atoms with Gasteiger partial charge < -0.3 is 10.1 Å². The molecule has 1 fully saturated rings. The molecule has 0 bridgehead atoms. The average molecular weight is 274 g/mol. The number of para-hydroxylation sites is 2. The average Bonchev–Trinajstić information content (AvgIpc) is 2.47. The van der Waals surface area contributed by atoms with Crippen LogP contribution >= 0.6 is 0 Å². The molecule has 1 amide bonds. The summed E-state index contributed by atoms with van der Waals surface area (Å²) in [5.41, 5.74) is 0.719. The van der Waals surface area contributed by atoms with E-state index in [-0.39, 0.29) is 5.91 Å². The lowest BCUT2D eigenvalue weighted by atomic mass is 10.1. The predicted octanol–water partition coefficient (Wildman–Crippen LogP) is 2.68. The third-order valence-corrected chi connectivity index (χ3v) is 3.33. The van der Waals surface area contributed by atoms with Crippen LogP contribution in [0.1, 0.15) is 19.3 Å². The predicted molar refractivity (Wildman–Crippen MR) is 81.1 cm³/mol. The number of amides is 1. The first-order chi connectivity index (χ1) is 9.79. The first-order valence-electron chi connectivity index (χ1n) is 7.14. The SMILES string of the molecule is C=CCOc1ccccc1NC(=O)CN1CCCCC1. The summed E-state index contributed by atoms with van der Waals surface area (Å²) in [6.45, 7) is 6.54. The monoisotopic (exact) mass is 274 g/mol. The minimum atomic E-state index is 0.0153. The van der Waals surface area contributed by atoms with Crippen molar-refractivity contribution in [1.29, 1.82) is 0 Å². The fraction of sp³-hybridized carbons (Fsp3) is 0.438. The van der Waals surface area contributed by atoms with Crippen LogP contribution in [-0.4, -0.2) is 37.0 Å². The molecule has 4 nitrogen and oxygen atoms in total. The van der Waals surface area contributed by atoms with Gasteiger partial charge in [0, 0.05) is 0 Å². The lowest BCUT2D eigenvalue weighted by molar-refractivity contribution is -0.117. The van der Waals surface area contributed by atoms with Crippen LogP contribution < -0.4 is 10.1 Å². The molecule has 2 rings (SSSR count). The highest BCUT2D eigenvalue weighted by atomic mass is 16.5. The number of anilines is 1. The molecule has 4 heteroatoms. The maximum absolute atomic E-state index is 12.1. The van der Waals surface area contributed by atoms with Gasteiger partial charge in [-0.3, -0.25) is 9.69 Å². The highest BCUT2D eigenvalue weighted by Gasteiger charge is 2.14. The van der Waals surface area contributed by atoms with Crippen LogP contribution in [0.4, 0.5) is 5.69 Å². The summed E-state index contributed by atoms with van der Waals surface area (Å²) in [4.78, 5) is 14.3. The Morgan fingerprint density at radius 2 is 2.05 bits per heavy atom. The molecule has 108 valence electrons. The second-order valence-electron chi connectivity index (χ2n) is 4.98. The summed E-state index contributed by atoms with van der Waals surface area (Å²) in [5.74, 6) is 0.695. The minimum Gasteiger partial charge on any atom is -0.487 e. The zero-order valence-corrected chi connectivity index (χ0v) is 11.8. The standard InChI is InChI=1S/C16H22N2O2/c1-2-12-20-15-9-5-4-8-14(15)17-16(19)13-18-10-6-3-7-11-18/h2,4-5,8-9H,1,3,6-7,10-13H2,(H,17,19). The van der Waals surface area contributed by atoms with Crippen molar-refractivity contribution in [3.8, 4) is 5.75 Å². The molecule has 0 unspecified atom stereocenters. The number of carbonyl (C=O) groups is 1. The number of carbonyl (C=O) groups excluding carboxylic acids is 1. The zero-order valence-electron chi connectivity index (χ0n) is 11.8. The molecule has 0 aliphatic carbocycles. The normalized spacial score (nSPS) is 15.6. The van der Waals surface area contributed by atoms with Crippen LogP contribution in [0, 0.1) is 0 Å². The van der Waals surface area contributed by atoms with Gasteiger partial charge in [0.25, 0.3) is 0 Å². The lowest BCUT2D eigenvalue weighted by Crippen LogP contribution is -2.36. The van der Waals surface area contributed by atoms with Gasteiger partial charge in [-0.25, -0.2) is 0 Å². The molecule has 1 N–H and O–H groups in total. The zero-order chi connectivity index (χ0) is 14.2. The molecule has 0 saturated carbocycles. The number of nitrogens with one attached hydrogen (secondary N) is 1. The van der Waals surface area contributed by atoms with Gasteiger partial charge >= 0.3 is 0 Å². The summed E-state index contributed by atoms with van der Waals surface area (Å²) in [7, 11) is 0. The van der Waals surface area contributed by atoms with Crippen molar-refractivity contribution >= 4 is 11.6 Å². The molecule has 0 radical (unpaired) electrons. The number of nitrogens with zero attached hydrogens (tertiary/aromatic N) is 1. The van der Waals surface area contributed by atoms with Crippen molar-refractivity contribution in [3.63, 3.8) is 0 Å². The number of hydrogen-bond donors (Lipinski definition) is 1. The number of rotatable bonds is 6. The first-order valence-corrected chi connectivity index (χ1v) is 7.14. The fourth-order valence-corrected chi connectivity index (χ4v) is 2.35. The Labute approximate surface area is 120 Å². The molecule has 0 atom stereocenters. The van der Waals surface area contributed by atoms with E-state index in [0.717, 1.165) is 18.8 Å². The van der Waals surface area contributed by atoms with Crippen molar-refractivity contribution in [1.82, 2.24) is 4.90 Å². The first kappa shape index (κ1) is 14.6. The molecular formula is C16H22N2O2. The van der Waals surface area contributed by atoms with E-state index in [4.69, 9.17) is 4.74 Å². The smallest absolute Gasteiger partial charge is 0.238 e. The highest BCUT2D eigenvalue weighted by Crippen LogP contribution is 2.23. The van der Waals surface area contributed by atoms with E-state index < -0.39 is 0 Å². The van der Waals surface area contributed by atoms with Crippen LogP contribution in [0.25, 0.3) is 0 Å². The number of ether oxygens (including phenoxy) is 1. The van der Waals surface area contributed by atoms with Gasteiger partial charge in [0.1, 0.15) is 12.4 Å². The van der Waals surface area contributed by atoms with Crippen LogP contribution in [0.3, 0.4) is 0 Å². The summed E-state index contributed by atoms with van der Waals surface area (Å²) < 4.78 is 5.53. The lowest BCUT2D eigenvalue weighted by Gasteiger charge is -2.25. The molecule has 1 aliphatic heterocycles. The number of hydrogen-bond acceptors (Lipinski definition) is 3.